The second-order valence-corrected chi connectivity index (χ2v) is 4.38. The second kappa shape index (κ2) is 7.88. The zero-order valence-corrected chi connectivity index (χ0v) is 12.0. The van der Waals surface area contributed by atoms with Gasteiger partial charge in [0.2, 0.25) is 5.91 Å². The fourth-order valence-corrected chi connectivity index (χ4v) is 1.66. The minimum atomic E-state index is -0.908. The molecule has 0 saturated carbocycles. The van der Waals surface area contributed by atoms with Crippen molar-refractivity contribution in [1.29, 1.82) is 0 Å². The molecule has 21 heavy (non-hydrogen) atoms. The van der Waals surface area contributed by atoms with E-state index in [-0.39, 0.29) is 24.9 Å². The highest BCUT2D eigenvalue weighted by molar-refractivity contribution is 5.92. The summed E-state index contributed by atoms with van der Waals surface area (Å²) in [6.07, 6.45) is -0.0635. The van der Waals surface area contributed by atoms with Gasteiger partial charge in [-0.1, -0.05) is 12.1 Å². The molecule has 1 aromatic rings. The standard InChI is InChI=1S/C14H19N3O4/c1-3-17(9-12(18)15-2)14(21)16-11-6-4-10(5-7-11)8-13(19)20/h4-7H,3,8-9H2,1-2H3,(H,15,18)(H,16,21)(H,19,20). The fraction of sp³-hybridized carbons (Fsp3) is 0.357. The number of carbonyl (C=O) groups excluding carboxylic acids is 2. The van der Waals surface area contributed by atoms with Gasteiger partial charge in [0.1, 0.15) is 6.54 Å². The van der Waals surface area contributed by atoms with Crippen molar-refractivity contribution in [2.45, 2.75) is 13.3 Å². The molecule has 7 heteroatoms. The van der Waals surface area contributed by atoms with Gasteiger partial charge in [-0.25, -0.2) is 4.79 Å². The van der Waals surface area contributed by atoms with Gasteiger partial charge in [-0.2, -0.15) is 0 Å². The normalized spacial score (nSPS) is 9.81. The van der Waals surface area contributed by atoms with Crippen LogP contribution in [0.25, 0.3) is 0 Å². The summed E-state index contributed by atoms with van der Waals surface area (Å²) >= 11 is 0. The predicted octanol–water partition coefficient (Wildman–Crippen LogP) is 0.913. The van der Waals surface area contributed by atoms with Crippen LogP contribution in [0.4, 0.5) is 10.5 Å². The van der Waals surface area contributed by atoms with E-state index in [4.69, 9.17) is 5.11 Å². The van der Waals surface area contributed by atoms with Crippen molar-refractivity contribution in [2.24, 2.45) is 0 Å². The molecule has 0 atom stereocenters. The van der Waals surface area contributed by atoms with Gasteiger partial charge in [-0.15, -0.1) is 0 Å². The van der Waals surface area contributed by atoms with E-state index in [1.807, 2.05) is 0 Å². The van der Waals surface area contributed by atoms with E-state index < -0.39 is 5.97 Å². The lowest BCUT2D eigenvalue weighted by Gasteiger charge is -2.20. The van der Waals surface area contributed by atoms with Crippen molar-refractivity contribution in [3.8, 4) is 0 Å². The average Bonchev–Trinajstić information content (AvgIpc) is 2.45. The van der Waals surface area contributed by atoms with Crippen molar-refractivity contribution >= 4 is 23.6 Å². The molecule has 0 bridgehead atoms. The van der Waals surface area contributed by atoms with Crippen LogP contribution < -0.4 is 10.6 Å². The number of urea groups is 1. The Morgan fingerprint density at radius 1 is 1.19 bits per heavy atom. The number of hydrogen-bond donors (Lipinski definition) is 3. The van der Waals surface area contributed by atoms with Crippen LogP contribution in [0.2, 0.25) is 0 Å². The highest BCUT2D eigenvalue weighted by atomic mass is 16.4. The molecule has 7 nitrogen and oxygen atoms in total. The van der Waals surface area contributed by atoms with Gasteiger partial charge in [0.15, 0.2) is 0 Å². The predicted molar refractivity (Wildman–Crippen MR) is 78.1 cm³/mol. The van der Waals surface area contributed by atoms with Gasteiger partial charge in [0.25, 0.3) is 0 Å². The zero-order chi connectivity index (χ0) is 15.8. The van der Waals surface area contributed by atoms with Crippen molar-refractivity contribution in [3.05, 3.63) is 29.8 Å². The van der Waals surface area contributed by atoms with Crippen LogP contribution in [0.15, 0.2) is 24.3 Å². The Kier molecular flexibility index (Phi) is 6.19. The molecule has 114 valence electrons. The smallest absolute Gasteiger partial charge is 0.322 e. The Bertz CT molecular complexity index is 513. The van der Waals surface area contributed by atoms with E-state index in [1.54, 1.807) is 31.2 Å². The van der Waals surface area contributed by atoms with Crippen molar-refractivity contribution in [1.82, 2.24) is 10.2 Å². The molecule has 0 aliphatic carbocycles. The van der Waals surface area contributed by atoms with Crippen LogP contribution in [0.3, 0.4) is 0 Å². The Morgan fingerprint density at radius 2 is 1.81 bits per heavy atom. The maximum absolute atomic E-state index is 12.0. The molecule has 1 aromatic carbocycles. The van der Waals surface area contributed by atoms with Gasteiger partial charge in [-0.3, -0.25) is 9.59 Å². The number of amides is 3. The van der Waals surface area contributed by atoms with E-state index >= 15 is 0 Å². The van der Waals surface area contributed by atoms with E-state index in [0.717, 1.165) is 0 Å². The number of nitrogens with zero attached hydrogens (tertiary/aromatic N) is 1. The van der Waals surface area contributed by atoms with Crippen LogP contribution in [0, 0.1) is 0 Å². The third-order valence-corrected chi connectivity index (χ3v) is 2.84. The first-order valence-corrected chi connectivity index (χ1v) is 6.53. The number of carboxylic acid groups (broad SMARTS) is 1. The summed E-state index contributed by atoms with van der Waals surface area (Å²) in [5.74, 6) is -1.15. The quantitative estimate of drug-likeness (QED) is 0.726. The lowest BCUT2D eigenvalue weighted by atomic mass is 10.1. The van der Waals surface area contributed by atoms with Gasteiger partial charge < -0.3 is 20.6 Å². The second-order valence-electron chi connectivity index (χ2n) is 4.38. The number of benzene rings is 1. The number of likely N-dealkylation sites (N-methyl/N-ethyl adjacent to an activating group) is 2. The highest BCUT2D eigenvalue weighted by Gasteiger charge is 2.14. The first-order valence-electron chi connectivity index (χ1n) is 6.53. The highest BCUT2D eigenvalue weighted by Crippen LogP contribution is 2.11. The zero-order valence-electron chi connectivity index (χ0n) is 12.0. The summed E-state index contributed by atoms with van der Waals surface area (Å²) in [7, 11) is 1.51. The Hall–Kier alpha value is -2.57. The molecular formula is C14H19N3O4. The molecule has 0 aliphatic heterocycles. The molecule has 1 rings (SSSR count). The number of nitrogens with one attached hydrogen (secondary N) is 2. The number of hydrogen-bond acceptors (Lipinski definition) is 3. The van der Waals surface area contributed by atoms with Crippen molar-refractivity contribution < 1.29 is 19.5 Å². The van der Waals surface area contributed by atoms with Crippen molar-refractivity contribution in [3.63, 3.8) is 0 Å². The molecule has 0 fully saturated rings. The fourth-order valence-electron chi connectivity index (χ4n) is 1.66. The maximum Gasteiger partial charge on any atom is 0.322 e. The first kappa shape index (κ1) is 16.5. The number of carboxylic acids is 1. The molecule has 0 aromatic heterocycles. The SMILES string of the molecule is CCN(CC(=O)NC)C(=O)Nc1ccc(CC(=O)O)cc1. The maximum atomic E-state index is 12.0. The Labute approximate surface area is 122 Å². The molecule has 0 spiro atoms. The number of aliphatic carboxylic acids is 1. The lowest BCUT2D eigenvalue weighted by molar-refractivity contribution is -0.136. The molecule has 3 N–H and O–H groups in total. The summed E-state index contributed by atoms with van der Waals surface area (Å²) in [4.78, 5) is 35.2. The van der Waals surface area contributed by atoms with Gasteiger partial charge >= 0.3 is 12.0 Å². The van der Waals surface area contributed by atoms with Crippen LogP contribution in [-0.2, 0) is 16.0 Å². The monoisotopic (exact) mass is 293 g/mol. The third-order valence-electron chi connectivity index (χ3n) is 2.84. The molecule has 0 saturated heterocycles. The van der Waals surface area contributed by atoms with E-state index in [0.29, 0.717) is 17.8 Å². The number of carbonyl (C=O) groups is 3. The van der Waals surface area contributed by atoms with Crippen molar-refractivity contribution in [2.75, 3.05) is 25.5 Å². The summed E-state index contributed by atoms with van der Waals surface area (Å²) < 4.78 is 0. The summed E-state index contributed by atoms with van der Waals surface area (Å²) in [6, 6.07) is 6.15. The largest absolute Gasteiger partial charge is 0.481 e. The molecular weight excluding hydrogens is 274 g/mol. The van der Waals surface area contributed by atoms with E-state index in [1.165, 1.54) is 11.9 Å². The molecule has 0 heterocycles. The molecule has 0 radical (unpaired) electrons. The van der Waals surface area contributed by atoms with Gasteiger partial charge in [0.05, 0.1) is 6.42 Å². The minimum absolute atomic E-state index is 0.0179. The van der Waals surface area contributed by atoms with Gasteiger partial charge in [-0.05, 0) is 24.6 Å². The average molecular weight is 293 g/mol. The summed E-state index contributed by atoms with van der Waals surface area (Å²) in [6.45, 7) is 2.16. The Morgan fingerprint density at radius 3 is 2.29 bits per heavy atom. The van der Waals surface area contributed by atoms with E-state index in [9.17, 15) is 14.4 Å². The molecule has 0 aliphatic rings. The van der Waals surface area contributed by atoms with Crippen LogP contribution in [-0.4, -0.2) is 48.1 Å². The Balaban J connectivity index is 2.64. The first-order chi connectivity index (χ1) is 9.96. The molecule has 0 unspecified atom stereocenters. The van der Waals surface area contributed by atoms with E-state index in [2.05, 4.69) is 10.6 Å². The molecule has 3 amide bonds. The minimum Gasteiger partial charge on any atom is -0.481 e. The van der Waals surface area contributed by atoms with Gasteiger partial charge in [0, 0.05) is 19.3 Å². The van der Waals surface area contributed by atoms with Crippen LogP contribution in [0.5, 0.6) is 0 Å². The summed E-state index contributed by atoms with van der Waals surface area (Å²) in [5.41, 5.74) is 1.20. The van der Waals surface area contributed by atoms with Crippen LogP contribution in [0.1, 0.15) is 12.5 Å². The van der Waals surface area contributed by atoms with Crippen LogP contribution >= 0.6 is 0 Å². The topological polar surface area (TPSA) is 98.7 Å². The third kappa shape index (κ3) is 5.52. The number of anilines is 1. The summed E-state index contributed by atoms with van der Waals surface area (Å²) in [5, 5.41) is 13.8. The lowest BCUT2D eigenvalue weighted by Crippen LogP contribution is -2.41. The number of rotatable bonds is 6.